The molecule has 0 bridgehead atoms. The molecule has 0 radical (unpaired) electrons. The number of nitrogens with zero attached hydrogens (tertiary/aromatic N) is 1. The number of benzene rings is 2. The first kappa shape index (κ1) is 24.6. The second-order valence-corrected chi connectivity index (χ2v) is 8.69. The number of fused-ring (bicyclic) bond motifs is 1. The van der Waals surface area contributed by atoms with Gasteiger partial charge in [0.2, 0.25) is 11.8 Å². The zero-order valence-electron chi connectivity index (χ0n) is 18.6. The number of anilines is 2. The van der Waals surface area contributed by atoms with E-state index in [2.05, 4.69) is 5.32 Å². The zero-order chi connectivity index (χ0) is 25.8. The van der Waals surface area contributed by atoms with E-state index in [0.717, 1.165) is 11.1 Å². The molecule has 2 aliphatic heterocycles. The van der Waals surface area contributed by atoms with Crippen LogP contribution >= 0.6 is 0 Å². The molecule has 2 unspecified atom stereocenters. The van der Waals surface area contributed by atoms with Crippen LogP contribution in [0.5, 0.6) is 0 Å². The van der Waals surface area contributed by atoms with Gasteiger partial charge in [0.05, 0.1) is 23.3 Å². The van der Waals surface area contributed by atoms with E-state index in [4.69, 9.17) is 4.74 Å². The summed E-state index contributed by atoms with van der Waals surface area (Å²) in [6.07, 6.45) is -7.50. The third kappa shape index (κ3) is 4.35. The molecule has 2 aromatic carbocycles. The smallest absolute Gasteiger partial charge is 0.416 e. The van der Waals surface area contributed by atoms with Gasteiger partial charge in [0.15, 0.2) is 0 Å². The van der Waals surface area contributed by atoms with E-state index in [1.807, 2.05) is 0 Å². The fourth-order valence-electron chi connectivity index (χ4n) is 4.58. The van der Waals surface area contributed by atoms with Gasteiger partial charge in [-0.15, -0.1) is 0 Å². The number of nitrogens with one attached hydrogen (secondary N) is 1. The molecule has 2 heterocycles. The molecule has 4 rings (SSSR count). The number of halogens is 6. The second-order valence-electron chi connectivity index (χ2n) is 8.69. The highest BCUT2D eigenvalue weighted by Crippen LogP contribution is 2.45. The Hall–Kier alpha value is -3.50. The van der Waals surface area contributed by atoms with Crippen molar-refractivity contribution in [1.29, 1.82) is 0 Å². The van der Waals surface area contributed by atoms with Crippen molar-refractivity contribution in [2.45, 2.75) is 26.2 Å². The van der Waals surface area contributed by atoms with E-state index in [0.29, 0.717) is 17.8 Å². The van der Waals surface area contributed by atoms with Crippen LogP contribution in [0.25, 0.3) is 0 Å². The van der Waals surface area contributed by atoms with E-state index in [-0.39, 0.29) is 19.2 Å². The third-order valence-electron chi connectivity index (χ3n) is 6.28. The number of carbonyl (C=O) groups is 2. The number of carbonyl (C=O) groups excluding carboxylic acids is 2. The maximum absolute atomic E-state index is 13.4. The number of hydrogen-bond acceptors (Lipinski definition) is 3. The Morgan fingerprint density at radius 1 is 1.03 bits per heavy atom. The van der Waals surface area contributed by atoms with Crippen molar-refractivity contribution in [3.63, 3.8) is 0 Å². The van der Waals surface area contributed by atoms with E-state index in [1.54, 1.807) is 32.0 Å². The molecular formula is C24H20F6N2O3. The van der Waals surface area contributed by atoms with Crippen molar-refractivity contribution in [2.24, 2.45) is 11.3 Å². The summed E-state index contributed by atoms with van der Waals surface area (Å²) in [4.78, 5) is 28.2. The molecule has 1 N–H and O–H groups in total. The van der Waals surface area contributed by atoms with Crippen LogP contribution in [0.2, 0.25) is 0 Å². The topological polar surface area (TPSA) is 58.6 Å². The van der Waals surface area contributed by atoms with Crippen LogP contribution in [0.3, 0.4) is 0 Å². The summed E-state index contributed by atoms with van der Waals surface area (Å²) in [5.41, 5.74) is -3.24. The summed E-state index contributed by atoms with van der Waals surface area (Å²) in [5, 5.41) is 2.19. The summed E-state index contributed by atoms with van der Waals surface area (Å²) >= 11 is 0. The molecule has 1 fully saturated rings. The Bertz CT molecular complexity index is 1170. The fraction of sp³-hybridized carbons (Fsp3) is 0.333. The Labute approximate surface area is 196 Å². The SMILES string of the molecule is Cc1cccc(C)c1N1CC2(C(=O)Nc3cc(C(F)(F)F)cc(C(F)(F)F)c3)COC=CC2C1=O. The molecule has 5 nitrogen and oxygen atoms in total. The van der Waals surface area contributed by atoms with Crippen molar-refractivity contribution in [3.8, 4) is 0 Å². The Morgan fingerprint density at radius 2 is 1.60 bits per heavy atom. The molecule has 2 amide bonds. The van der Waals surface area contributed by atoms with Crippen LogP contribution < -0.4 is 10.2 Å². The molecule has 1 saturated heterocycles. The Balaban J connectivity index is 1.73. The van der Waals surface area contributed by atoms with Gasteiger partial charge >= 0.3 is 12.4 Å². The lowest BCUT2D eigenvalue weighted by Crippen LogP contribution is -2.47. The first-order valence-electron chi connectivity index (χ1n) is 10.5. The minimum atomic E-state index is -5.07. The summed E-state index contributed by atoms with van der Waals surface area (Å²) in [5.74, 6) is -2.35. The monoisotopic (exact) mass is 498 g/mol. The van der Waals surface area contributed by atoms with Crippen LogP contribution in [-0.2, 0) is 26.7 Å². The Kier molecular flexibility index (Phi) is 5.85. The number of para-hydroxylation sites is 1. The second kappa shape index (κ2) is 8.31. The number of rotatable bonds is 3. The van der Waals surface area contributed by atoms with E-state index in [9.17, 15) is 35.9 Å². The van der Waals surface area contributed by atoms with Crippen molar-refractivity contribution >= 4 is 23.2 Å². The molecule has 186 valence electrons. The average Bonchev–Trinajstić information content (AvgIpc) is 3.06. The van der Waals surface area contributed by atoms with Gasteiger partial charge < -0.3 is 15.0 Å². The van der Waals surface area contributed by atoms with Gasteiger partial charge in [-0.2, -0.15) is 26.3 Å². The molecule has 2 aliphatic rings. The Morgan fingerprint density at radius 3 is 2.14 bits per heavy atom. The lowest BCUT2D eigenvalue weighted by molar-refractivity contribution is -0.143. The van der Waals surface area contributed by atoms with Crippen LogP contribution in [0.4, 0.5) is 37.7 Å². The number of hydrogen-bond donors (Lipinski definition) is 1. The van der Waals surface area contributed by atoms with Gasteiger partial charge in [0.25, 0.3) is 0 Å². The van der Waals surface area contributed by atoms with Gasteiger partial charge in [-0.1, -0.05) is 18.2 Å². The quantitative estimate of drug-likeness (QED) is 0.571. The average molecular weight is 498 g/mol. The molecule has 35 heavy (non-hydrogen) atoms. The van der Waals surface area contributed by atoms with Gasteiger partial charge in [0.1, 0.15) is 12.0 Å². The minimum absolute atomic E-state index is 0.0228. The summed E-state index contributed by atoms with van der Waals surface area (Å²) < 4.78 is 84.8. The summed E-state index contributed by atoms with van der Waals surface area (Å²) in [6, 6.07) is 6.22. The third-order valence-corrected chi connectivity index (χ3v) is 6.28. The molecule has 11 heteroatoms. The highest BCUT2D eigenvalue weighted by molar-refractivity contribution is 6.09. The summed E-state index contributed by atoms with van der Waals surface area (Å²) in [7, 11) is 0. The van der Waals surface area contributed by atoms with E-state index >= 15 is 0 Å². The van der Waals surface area contributed by atoms with Gasteiger partial charge in [-0.05, 0) is 49.2 Å². The maximum Gasteiger partial charge on any atom is 0.416 e. The summed E-state index contributed by atoms with van der Waals surface area (Å²) in [6.45, 7) is 3.14. The van der Waals surface area contributed by atoms with E-state index in [1.165, 1.54) is 17.2 Å². The molecular weight excluding hydrogens is 478 g/mol. The lowest BCUT2D eigenvalue weighted by Gasteiger charge is -2.32. The molecule has 0 aromatic heterocycles. The van der Waals surface area contributed by atoms with Crippen molar-refractivity contribution in [2.75, 3.05) is 23.4 Å². The molecule has 2 aromatic rings. The van der Waals surface area contributed by atoms with Crippen LogP contribution in [-0.4, -0.2) is 25.0 Å². The largest absolute Gasteiger partial charge is 0.500 e. The molecule has 0 spiro atoms. The van der Waals surface area contributed by atoms with Crippen LogP contribution in [0.1, 0.15) is 22.3 Å². The number of ether oxygens (including phenoxy) is 1. The van der Waals surface area contributed by atoms with Crippen LogP contribution in [0, 0.1) is 25.2 Å². The van der Waals surface area contributed by atoms with Crippen molar-refractivity contribution in [1.82, 2.24) is 0 Å². The van der Waals surface area contributed by atoms with Crippen LogP contribution in [0.15, 0.2) is 48.7 Å². The highest BCUT2D eigenvalue weighted by atomic mass is 19.4. The first-order chi connectivity index (χ1) is 16.2. The number of amides is 2. The van der Waals surface area contributed by atoms with Gasteiger partial charge in [0, 0.05) is 17.9 Å². The van der Waals surface area contributed by atoms with E-state index < -0.39 is 52.3 Å². The van der Waals surface area contributed by atoms with Gasteiger partial charge in [-0.3, -0.25) is 9.59 Å². The number of aryl methyl sites for hydroxylation is 2. The molecule has 2 atom stereocenters. The standard InChI is InChI=1S/C24H20F6N2O3/c1-13-4-3-5-14(2)19(13)32-11-22(12-35-7-6-18(22)20(32)33)21(34)31-17-9-15(23(25,26)27)8-16(10-17)24(28,29)30/h3-10,18H,11-12H2,1-2H3,(H,31,34). The predicted molar refractivity (Wildman–Crippen MR) is 114 cm³/mol. The lowest BCUT2D eigenvalue weighted by atomic mass is 9.76. The normalized spacial score (nSPS) is 22.1. The zero-order valence-corrected chi connectivity index (χ0v) is 18.6. The number of alkyl halides is 6. The molecule has 0 aliphatic carbocycles. The highest BCUT2D eigenvalue weighted by Gasteiger charge is 2.58. The first-order valence-corrected chi connectivity index (χ1v) is 10.5. The molecule has 0 saturated carbocycles. The predicted octanol–water partition coefficient (Wildman–Crippen LogP) is 5.47. The van der Waals surface area contributed by atoms with Crippen molar-refractivity contribution in [3.05, 3.63) is 71.0 Å². The van der Waals surface area contributed by atoms with Gasteiger partial charge in [-0.25, -0.2) is 0 Å². The van der Waals surface area contributed by atoms with Crippen molar-refractivity contribution < 1.29 is 40.7 Å². The minimum Gasteiger partial charge on any atom is -0.500 e. The maximum atomic E-state index is 13.4. The fourth-order valence-corrected chi connectivity index (χ4v) is 4.58.